The summed E-state index contributed by atoms with van der Waals surface area (Å²) < 4.78 is 14.9. The van der Waals surface area contributed by atoms with Crippen molar-refractivity contribution in [3.05, 3.63) is 27.8 Å². The molecule has 0 aliphatic rings. The fraction of sp³-hybridized carbons (Fsp3) is 0.533. The summed E-state index contributed by atoms with van der Waals surface area (Å²) in [6.07, 6.45) is 0.410. The number of alkyl halides is 1. The summed E-state index contributed by atoms with van der Waals surface area (Å²) in [6, 6.07) is 2.57. The fourth-order valence-electron chi connectivity index (χ4n) is 1.74. The number of rotatable bonds is 9. The Labute approximate surface area is 148 Å². The normalized spacial score (nSPS) is 11.0. The highest BCUT2D eigenvalue weighted by molar-refractivity contribution is 9.10. The van der Waals surface area contributed by atoms with Crippen molar-refractivity contribution in [1.29, 1.82) is 0 Å². The van der Waals surface area contributed by atoms with Crippen LogP contribution < -0.4 is 9.47 Å². The molecule has 1 aromatic carbocycles. The first-order valence-electron chi connectivity index (χ1n) is 7.15. The molecule has 9 heteroatoms. The third-order valence-electron chi connectivity index (χ3n) is 3.00. The molecular weight excluding hydrogens is 386 g/mol. The molecule has 0 radical (unpaired) electrons. The summed E-state index contributed by atoms with van der Waals surface area (Å²) in [5, 5.41) is 20.2. The highest BCUT2D eigenvalue weighted by Gasteiger charge is 2.25. The van der Waals surface area contributed by atoms with E-state index in [1.807, 2.05) is 0 Å². The van der Waals surface area contributed by atoms with Gasteiger partial charge in [-0.25, -0.2) is 0 Å². The van der Waals surface area contributed by atoms with E-state index < -0.39 is 15.9 Å². The standard InChI is InChI=1S/C15H20BrNO7/c1-15(2,16)14(19)24-6-4-5-23-13-8-11(17(20)21)10(9-18)7-12(13)22-3/h7-8,18H,4-6,9H2,1-3H3. The van der Waals surface area contributed by atoms with Crippen LogP contribution in [0.15, 0.2) is 12.1 Å². The minimum atomic E-state index is -0.752. The van der Waals surface area contributed by atoms with Crippen LogP contribution in [-0.4, -0.2) is 40.6 Å². The second-order valence-corrected chi connectivity index (χ2v) is 7.34. The van der Waals surface area contributed by atoms with Crippen molar-refractivity contribution in [3.63, 3.8) is 0 Å². The van der Waals surface area contributed by atoms with E-state index in [0.29, 0.717) is 6.42 Å². The summed E-state index contributed by atoms with van der Waals surface area (Å²) in [5.41, 5.74) is -0.113. The van der Waals surface area contributed by atoms with Gasteiger partial charge >= 0.3 is 5.97 Å². The lowest BCUT2D eigenvalue weighted by Gasteiger charge is -2.15. The molecule has 0 heterocycles. The van der Waals surface area contributed by atoms with Gasteiger partial charge in [0, 0.05) is 6.42 Å². The van der Waals surface area contributed by atoms with Crippen LogP contribution in [0.1, 0.15) is 25.8 Å². The van der Waals surface area contributed by atoms with Gasteiger partial charge in [0.05, 0.1) is 43.5 Å². The average molecular weight is 406 g/mol. The van der Waals surface area contributed by atoms with Crippen molar-refractivity contribution in [1.82, 2.24) is 0 Å². The van der Waals surface area contributed by atoms with E-state index in [-0.39, 0.29) is 41.9 Å². The van der Waals surface area contributed by atoms with Gasteiger partial charge in [-0.05, 0) is 19.9 Å². The average Bonchev–Trinajstić information content (AvgIpc) is 2.52. The maximum absolute atomic E-state index is 11.6. The number of halogens is 1. The van der Waals surface area contributed by atoms with Gasteiger partial charge in [-0.3, -0.25) is 14.9 Å². The van der Waals surface area contributed by atoms with E-state index in [9.17, 15) is 20.0 Å². The Morgan fingerprint density at radius 2 is 2.00 bits per heavy atom. The number of aliphatic hydroxyl groups excluding tert-OH is 1. The first kappa shape index (κ1) is 20.2. The lowest BCUT2D eigenvalue weighted by atomic mass is 10.1. The van der Waals surface area contributed by atoms with Crippen molar-refractivity contribution in [3.8, 4) is 11.5 Å². The van der Waals surface area contributed by atoms with E-state index in [0.717, 1.165) is 0 Å². The third kappa shape index (κ3) is 5.64. The zero-order valence-electron chi connectivity index (χ0n) is 13.7. The molecule has 0 fully saturated rings. The first-order chi connectivity index (χ1) is 11.2. The van der Waals surface area contributed by atoms with Gasteiger partial charge in [-0.2, -0.15) is 0 Å². The Kier molecular flexibility index (Phi) is 7.43. The number of carbonyl (C=O) groups excluding carboxylic acids is 1. The van der Waals surface area contributed by atoms with Gasteiger partial charge in [0.1, 0.15) is 4.32 Å². The van der Waals surface area contributed by atoms with Crippen molar-refractivity contribution in [2.45, 2.75) is 31.2 Å². The van der Waals surface area contributed by atoms with E-state index in [1.165, 1.54) is 19.2 Å². The minimum absolute atomic E-state index is 0.137. The number of nitrogens with zero attached hydrogens (tertiary/aromatic N) is 1. The molecule has 0 aliphatic carbocycles. The van der Waals surface area contributed by atoms with Crippen LogP contribution in [0.5, 0.6) is 11.5 Å². The number of nitro groups is 1. The second-order valence-electron chi connectivity index (χ2n) is 5.36. The number of benzene rings is 1. The van der Waals surface area contributed by atoms with E-state index >= 15 is 0 Å². The molecule has 0 saturated heterocycles. The Morgan fingerprint density at radius 3 is 2.50 bits per heavy atom. The Balaban J connectivity index is 2.66. The highest BCUT2D eigenvalue weighted by atomic mass is 79.9. The van der Waals surface area contributed by atoms with Crippen LogP contribution in [0.25, 0.3) is 0 Å². The molecule has 0 bridgehead atoms. The van der Waals surface area contributed by atoms with Crippen LogP contribution in [-0.2, 0) is 16.1 Å². The Morgan fingerprint density at radius 1 is 1.33 bits per heavy atom. The number of nitro benzene ring substituents is 1. The number of esters is 1. The van der Waals surface area contributed by atoms with Gasteiger partial charge in [0.15, 0.2) is 11.5 Å². The second kappa shape index (κ2) is 8.84. The first-order valence-corrected chi connectivity index (χ1v) is 7.95. The number of ether oxygens (including phenoxy) is 3. The molecule has 0 atom stereocenters. The monoisotopic (exact) mass is 405 g/mol. The largest absolute Gasteiger partial charge is 0.493 e. The highest BCUT2D eigenvalue weighted by Crippen LogP contribution is 2.34. The van der Waals surface area contributed by atoms with E-state index in [1.54, 1.807) is 13.8 Å². The number of carbonyl (C=O) groups is 1. The predicted molar refractivity (Wildman–Crippen MR) is 89.6 cm³/mol. The van der Waals surface area contributed by atoms with Crippen molar-refractivity contribution in [2.24, 2.45) is 0 Å². The molecule has 0 amide bonds. The number of methoxy groups -OCH3 is 1. The number of hydrogen-bond donors (Lipinski definition) is 1. The van der Waals surface area contributed by atoms with Gasteiger partial charge in [-0.1, -0.05) is 15.9 Å². The Hall–Kier alpha value is -1.87. The summed E-state index contributed by atoms with van der Waals surface area (Å²) in [7, 11) is 1.40. The lowest BCUT2D eigenvalue weighted by molar-refractivity contribution is -0.385. The van der Waals surface area contributed by atoms with Gasteiger partial charge < -0.3 is 19.3 Å². The molecule has 1 aromatic rings. The van der Waals surface area contributed by atoms with Crippen molar-refractivity contribution in [2.75, 3.05) is 20.3 Å². The van der Waals surface area contributed by atoms with Crippen molar-refractivity contribution >= 4 is 27.6 Å². The van der Waals surface area contributed by atoms with Crippen LogP contribution >= 0.6 is 15.9 Å². The summed E-state index contributed by atoms with van der Waals surface area (Å²) in [6.45, 7) is 3.22. The summed E-state index contributed by atoms with van der Waals surface area (Å²) in [5.74, 6) is 0.0831. The van der Waals surface area contributed by atoms with Crippen molar-refractivity contribution < 1.29 is 29.0 Å². The molecule has 0 spiro atoms. The van der Waals surface area contributed by atoms with E-state index in [2.05, 4.69) is 15.9 Å². The zero-order valence-corrected chi connectivity index (χ0v) is 15.3. The molecule has 0 saturated carbocycles. The molecule has 134 valence electrons. The molecule has 8 nitrogen and oxygen atoms in total. The summed E-state index contributed by atoms with van der Waals surface area (Å²) >= 11 is 3.20. The van der Waals surface area contributed by atoms with Crippen LogP contribution in [0.4, 0.5) is 5.69 Å². The predicted octanol–water partition coefficient (Wildman–Crippen LogP) is 2.58. The van der Waals surface area contributed by atoms with Gasteiger partial charge in [0.25, 0.3) is 5.69 Å². The fourth-order valence-corrected chi connectivity index (χ4v) is 1.85. The molecule has 24 heavy (non-hydrogen) atoms. The van der Waals surface area contributed by atoms with Crippen LogP contribution in [0.2, 0.25) is 0 Å². The van der Waals surface area contributed by atoms with Crippen LogP contribution in [0.3, 0.4) is 0 Å². The number of hydrogen-bond acceptors (Lipinski definition) is 7. The zero-order chi connectivity index (χ0) is 18.3. The molecule has 0 aromatic heterocycles. The Bertz CT molecular complexity index is 598. The molecule has 1 N–H and O–H groups in total. The van der Waals surface area contributed by atoms with Gasteiger partial charge in [-0.15, -0.1) is 0 Å². The molecular formula is C15H20BrNO7. The maximum atomic E-state index is 11.6. The SMILES string of the molecule is COc1cc(CO)c([N+](=O)[O-])cc1OCCCOC(=O)C(C)(C)Br. The van der Waals surface area contributed by atoms with Gasteiger partial charge in [0.2, 0.25) is 0 Å². The van der Waals surface area contributed by atoms with E-state index in [4.69, 9.17) is 14.2 Å². The molecule has 0 unspecified atom stereocenters. The minimum Gasteiger partial charge on any atom is -0.493 e. The molecule has 1 rings (SSSR count). The maximum Gasteiger partial charge on any atom is 0.322 e. The summed E-state index contributed by atoms with van der Waals surface area (Å²) in [4.78, 5) is 22.0. The molecule has 0 aliphatic heterocycles. The smallest absolute Gasteiger partial charge is 0.322 e. The number of aliphatic hydroxyl groups is 1. The third-order valence-corrected chi connectivity index (χ3v) is 3.32. The topological polar surface area (TPSA) is 108 Å². The quantitative estimate of drug-likeness (QED) is 0.221. The lowest BCUT2D eigenvalue weighted by Crippen LogP contribution is -2.27. The van der Waals surface area contributed by atoms with Crippen LogP contribution in [0, 0.1) is 10.1 Å².